The second kappa shape index (κ2) is 5.87. The third-order valence-electron chi connectivity index (χ3n) is 3.89. The van der Waals surface area contributed by atoms with Crippen molar-refractivity contribution in [2.24, 2.45) is 5.92 Å². The molecule has 2 rings (SSSR count). The van der Waals surface area contributed by atoms with Crippen LogP contribution in [0.4, 0.5) is 5.69 Å². The maximum atomic E-state index is 11.3. The first-order chi connectivity index (χ1) is 8.61. The van der Waals surface area contributed by atoms with Crippen molar-refractivity contribution in [1.29, 1.82) is 0 Å². The van der Waals surface area contributed by atoms with Crippen LogP contribution in [0.2, 0.25) is 0 Å². The van der Waals surface area contributed by atoms with Crippen LogP contribution in [0.3, 0.4) is 0 Å². The van der Waals surface area contributed by atoms with Crippen LogP contribution in [0.5, 0.6) is 0 Å². The number of nitrogens with zero attached hydrogens (tertiary/aromatic N) is 1. The molecule has 0 atom stereocenters. The lowest BCUT2D eigenvalue weighted by atomic mass is 9.94. The number of hydrogen-bond donors (Lipinski definition) is 0. The molecule has 2 nitrogen and oxygen atoms in total. The first-order valence-electron chi connectivity index (χ1n) is 6.67. The van der Waals surface area contributed by atoms with E-state index in [1.54, 1.807) is 6.92 Å². The van der Waals surface area contributed by atoms with E-state index >= 15 is 0 Å². The molecule has 0 amide bonds. The van der Waals surface area contributed by atoms with Crippen molar-refractivity contribution >= 4 is 27.4 Å². The second-order valence-electron chi connectivity index (χ2n) is 5.06. The highest BCUT2D eigenvalue weighted by Gasteiger charge is 2.19. The molecule has 1 aromatic carbocycles. The van der Waals surface area contributed by atoms with E-state index in [1.165, 1.54) is 24.9 Å². The van der Waals surface area contributed by atoms with Gasteiger partial charge in [-0.05, 0) is 59.8 Å². The molecule has 1 saturated heterocycles. The Hall–Kier alpha value is -0.830. The van der Waals surface area contributed by atoms with Gasteiger partial charge < -0.3 is 4.90 Å². The van der Waals surface area contributed by atoms with Crippen LogP contribution < -0.4 is 4.90 Å². The predicted molar refractivity (Wildman–Crippen MR) is 79.4 cm³/mol. The summed E-state index contributed by atoms with van der Waals surface area (Å²) in [6, 6.07) is 5.92. The Morgan fingerprint density at radius 3 is 2.56 bits per heavy atom. The van der Waals surface area contributed by atoms with E-state index in [-0.39, 0.29) is 5.78 Å². The first kappa shape index (κ1) is 13.6. The third kappa shape index (κ3) is 2.94. The number of rotatable bonds is 3. The summed E-state index contributed by atoms with van der Waals surface area (Å²) in [5.41, 5.74) is 1.99. The molecule has 0 aliphatic carbocycles. The average Bonchev–Trinajstić information content (AvgIpc) is 2.38. The normalized spacial score (nSPS) is 16.9. The molecule has 0 unspecified atom stereocenters. The van der Waals surface area contributed by atoms with Crippen molar-refractivity contribution in [2.45, 2.75) is 33.1 Å². The van der Waals surface area contributed by atoms with Gasteiger partial charge in [0.25, 0.3) is 0 Å². The number of halogens is 1. The van der Waals surface area contributed by atoms with Gasteiger partial charge in [-0.3, -0.25) is 4.79 Å². The summed E-state index contributed by atoms with van der Waals surface area (Å²) in [5.74, 6) is 1.00. The smallest absolute Gasteiger partial charge is 0.159 e. The number of anilines is 1. The van der Waals surface area contributed by atoms with Gasteiger partial charge >= 0.3 is 0 Å². The van der Waals surface area contributed by atoms with Crippen molar-refractivity contribution in [3.05, 3.63) is 28.2 Å². The van der Waals surface area contributed by atoms with Crippen molar-refractivity contribution in [3.63, 3.8) is 0 Å². The molecule has 0 spiro atoms. The standard InChI is InChI=1S/C15H20BrNO/c1-3-12-6-8-17(9-7-12)15-5-4-13(11(2)18)10-14(15)16/h4-5,10,12H,3,6-9H2,1-2H3. The molecule has 3 heteroatoms. The molecule has 18 heavy (non-hydrogen) atoms. The van der Waals surface area contributed by atoms with Crippen LogP contribution in [-0.2, 0) is 0 Å². The second-order valence-corrected chi connectivity index (χ2v) is 5.92. The molecule has 1 aliphatic rings. The summed E-state index contributed by atoms with van der Waals surface area (Å²) >= 11 is 3.59. The lowest BCUT2D eigenvalue weighted by molar-refractivity contribution is 0.101. The van der Waals surface area contributed by atoms with Crippen LogP contribution in [0, 0.1) is 5.92 Å². The van der Waals surface area contributed by atoms with Crippen molar-refractivity contribution < 1.29 is 4.79 Å². The maximum absolute atomic E-state index is 11.3. The fraction of sp³-hybridized carbons (Fsp3) is 0.533. The highest BCUT2D eigenvalue weighted by molar-refractivity contribution is 9.10. The van der Waals surface area contributed by atoms with E-state index in [2.05, 4.69) is 33.8 Å². The molecule has 1 aromatic rings. The highest BCUT2D eigenvalue weighted by atomic mass is 79.9. The van der Waals surface area contributed by atoms with Gasteiger partial charge in [-0.2, -0.15) is 0 Å². The van der Waals surface area contributed by atoms with E-state index in [1.807, 2.05) is 12.1 Å². The van der Waals surface area contributed by atoms with E-state index < -0.39 is 0 Å². The van der Waals surface area contributed by atoms with Gasteiger partial charge in [0.05, 0.1) is 5.69 Å². The molecule has 1 heterocycles. The monoisotopic (exact) mass is 309 g/mol. The minimum absolute atomic E-state index is 0.118. The van der Waals surface area contributed by atoms with E-state index in [0.717, 1.165) is 29.0 Å². The van der Waals surface area contributed by atoms with Crippen LogP contribution in [0.15, 0.2) is 22.7 Å². The molecule has 1 fully saturated rings. The third-order valence-corrected chi connectivity index (χ3v) is 4.52. The van der Waals surface area contributed by atoms with Gasteiger partial charge in [-0.1, -0.05) is 13.3 Å². The van der Waals surface area contributed by atoms with Gasteiger partial charge in [0.1, 0.15) is 0 Å². The Labute approximate surface area is 117 Å². The van der Waals surface area contributed by atoms with Crippen LogP contribution >= 0.6 is 15.9 Å². The average molecular weight is 310 g/mol. The quantitative estimate of drug-likeness (QED) is 0.777. The zero-order chi connectivity index (χ0) is 13.1. The van der Waals surface area contributed by atoms with Crippen LogP contribution in [-0.4, -0.2) is 18.9 Å². The summed E-state index contributed by atoms with van der Waals surface area (Å²) < 4.78 is 1.03. The Balaban J connectivity index is 2.12. The van der Waals surface area contributed by atoms with Gasteiger partial charge in [-0.25, -0.2) is 0 Å². The van der Waals surface area contributed by atoms with E-state index in [4.69, 9.17) is 0 Å². The number of piperidine rings is 1. The zero-order valence-corrected chi connectivity index (χ0v) is 12.7. The zero-order valence-electron chi connectivity index (χ0n) is 11.1. The number of hydrogen-bond acceptors (Lipinski definition) is 2. The molecule has 0 bridgehead atoms. The summed E-state index contributed by atoms with van der Waals surface area (Å²) in [6.07, 6.45) is 3.84. The number of Topliss-reactive ketones (excluding diaryl/α,β-unsaturated/α-hetero) is 1. The molecular formula is C15H20BrNO. The summed E-state index contributed by atoms with van der Waals surface area (Å²) in [7, 11) is 0. The number of ketones is 1. The molecule has 0 N–H and O–H groups in total. The lowest BCUT2D eigenvalue weighted by Gasteiger charge is -2.34. The predicted octanol–water partition coefficient (Wildman–Crippen LogP) is 4.28. The molecule has 1 aliphatic heterocycles. The van der Waals surface area contributed by atoms with Crippen molar-refractivity contribution in [1.82, 2.24) is 0 Å². The fourth-order valence-corrected chi connectivity index (χ4v) is 3.19. The molecule has 0 radical (unpaired) electrons. The Morgan fingerprint density at radius 1 is 1.39 bits per heavy atom. The van der Waals surface area contributed by atoms with Gasteiger partial charge in [0.2, 0.25) is 0 Å². The van der Waals surface area contributed by atoms with Crippen LogP contribution in [0.25, 0.3) is 0 Å². The highest BCUT2D eigenvalue weighted by Crippen LogP contribution is 2.31. The summed E-state index contributed by atoms with van der Waals surface area (Å²) in [4.78, 5) is 13.7. The number of carbonyl (C=O) groups is 1. The van der Waals surface area contributed by atoms with Gasteiger partial charge in [0, 0.05) is 23.1 Å². The summed E-state index contributed by atoms with van der Waals surface area (Å²) in [5, 5.41) is 0. The van der Waals surface area contributed by atoms with Gasteiger partial charge in [0.15, 0.2) is 5.78 Å². The Morgan fingerprint density at radius 2 is 2.06 bits per heavy atom. The first-order valence-corrected chi connectivity index (χ1v) is 7.46. The molecule has 98 valence electrons. The van der Waals surface area contributed by atoms with Crippen LogP contribution in [0.1, 0.15) is 43.5 Å². The largest absolute Gasteiger partial charge is 0.371 e. The number of carbonyl (C=O) groups excluding carboxylic acids is 1. The number of benzene rings is 1. The SMILES string of the molecule is CCC1CCN(c2ccc(C(C)=O)cc2Br)CC1. The lowest BCUT2D eigenvalue weighted by Crippen LogP contribution is -2.33. The van der Waals surface area contributed by atoms with E-state index in [9.17, 15) is 4.79 Å². The fourth-order valence-electron chi connectivity index (χ4n) is 2.56. The molecule has 0 aromatic heterocycles. The van der Waals surface area contributed by atoms with E-state index in [0.29, 0.717) is 0 Å². The van der Waals surface area contributed by atoms with Gasteiger partial charge in [-0.15, -0.1) is 0 Å². The summed E-state index contributed by atoms with van der Waals surface area (Å²) in [6.45, 7) is 6.12. The maximum Gasteiger partial charge on any atom is 0.159 e. The molecule has 0 saturated carbocycles. The van der Waals surface area contributed by atoms with Crippen molar-refractivity contribution in [3.8, 4) is 0 Å². The Bertz CT molecular complexity index is 436. The molecular weight excluding hydrogens is 290 g/mol. The minimum atomic E-state index is 0.118. The Kier molecular flexibility index (Phi) is 4.44. The van der Waals surface area contributed by atoms with Crippen molar-refractivity contribution in [2.75, 3.05) is 18.0 Å². The minimum Gasteiger partial charge on any atom is -0.371 e. The topological polar surface area (TPSA) is 20.3 Å².